The molecule has 0 aromatic heterocycles. The van der Waals surface area contributed by atoms with Crippen LogP contribution in [-0.2, 0) is 16.8 Å². The van der Waals surface area contributed by atoms with Crippen molar-refractivity contribution in [2.45, 2.75) is 39.2 Å². The lowest BCUT2D eigenvalue weighted by Gasteiger charge is -2.22. The SMILES string of the molecule is CC(C)(C)c1ccc(COCC2[CH]CCNC2)cc1. The van der Waals surface area contributed by atoms with Gasteiger partial charge in [-0.1, -0.05) is 45.0 Å². The number of hydrogen-bond acceptors (Lipinski definition) is 2. The number of benzene rings is 1. The Bertz CT molecular complexity index is 371. The van der Waals surface area contributed by atoms with Crippen molar-refractivity contribution >= 4 is 0 Å². The van der Waals surface area contributed by atoms with E-state index in [2.05, 4.69) is 56.8 Å². The predicted octanol–water partition coefficient (Wildman–Crippen LogP) is 3.31. The van der Waals surface area contributed by atoms with Crippen LogP contribution in [0.25, 0.3) is 0 Å². The molecule has 1 N–H and O–H groups in total. The van der Waals surface area contributed by atoms with Crippen LogP contribution in [0, 0.1) is 12.3 Å². The molecule has 1 saturated heterocycles. The van der Waals surface area contributed by atoms with Crippen LogP contribution in [-0.4, -0.2) is 19.7 Å². The number of hydrogen-bond donors (Lipinski definition) is 1. The van der Waals surface area contributed by atoms with Gasteiger partial charge >= 0.3 is 0 Å². The lowest BCUT2D eigenvalue weighted by molar-refractivity contribution is 0.0914. The van der Waals surface area contributed by atoms with E-state index in [-0.39, 0.29) is 5.41 Å². The highest BCUT2D eigenvalue weighted by atomic mass is 16.5. The largest absolute Gasteiger partial charge is 0.376 e. The fourth-order valence-electron chi connectivity index (χ4n) is 2.35. The summed E-state index contributed by atoms with van der Waals surface area (Å²) in [7, 11) is 0. The Kier molecular flexibility index (Phi) is 5.00. The molecular formula is C17H26NO. The van der Waals surface area contributed by atoms with Crippen molar-refractivity contribution in [2.75, 3.05) is 19.7 Å². The summed E-state index contributed by atoms with van der Waals surface area (Å²) in [5, 5.41) is 3.40. The van der Waals surface area contributed by atoms with Gasteiger partial charge in [-0.05, 0) is 41.8 Å². The van der Waals surface area contributed by atoms with Crippen molar-refractivity contribution in [3.63, 3.8) is 0 Å². The highest BCUT2D eigenvalue weighted by Crippen LogP contribution is 2.22. The first-order valence-corrected chi connectivity index (χ1v) is 7.27. The molecule has 1 atom stereocenters. The average molecular weight is 260 g/mol. The predicted molar refractivity (Wildman–Crippen MR) is 80.1 cm³/mol. The van der Waals surface area contributed by atoms with Crippen LogP contribution in [0.1, 0.15) is 38.3 Å². The van der Waals surface area contributed by atoms with Gasteiger partial charge in [0.2, 0.25) is 0 Å². The van der Waals surface area contributed by atoms with Gasteiger partial charge in [0, 0.05) is 6.54 Å². The molecule has 2 nitrogen and oxygen atoms in total. The lowest BCUT2D eigenvalue weighted by atomic mass is 9.87. The maximum atomic E-state index is 5.81. The Labute approximate surface area is 117 Å². The third-order valence-electron chi connectivity index (χ3n) is 3.65. The molecule has 1 aromatic carbocycles. The Hall–Kier alpha value is -0.860. The van der Waals surface area contributed by atoms with Crippen molar-refractivity contribution in [1.29, 1.82) is 0 Å². The van der Waals surface area contributed by atoms with Crippen molar-refractivity contribution in [2.24, 2.45) is 5.92 Å². The van der Waals surface area contributed by atoms with Gasteiger partial charge in [0.05, 0.1) is 13.2 Å². The minimum atomic E-state index is 0.224. The van der Waals surface area contributed by atoms with E-state index in [1.54, 1.807) is 0 Å². The van der Waals surface area contributed by atoms with E-state index in [0.29, 0.717) is 5.92 Å². The molecule has 1 aliphatic heterocycles. The van der Waals surface area contributed by atoms with E-state index in [9.17, 15) is 0 Å². The molecular weight excluding hydrogens is 234 g/mol. The number of nitrogens with one attached hydrogen (secondary N) is 1. The van der Waals surface area contributed by atoms with Crippen LogP contribution in [0.15, 0.2) is 24.3 Å². The third kappa shape index (κ3) is 4.63. The molecule has 1 heterocycles. The second kappa shape index (κ2) is 6.53. The molecule has 1 fully saturated rings. The van der Waals surface area contributed by atoms with Crippen LogP contribution >= 0.6 is 0 Å². The Balaban J connectivity index is 1.76. The molecule has 1 radical (unpaired) electrons. The molecule has 0 bridgehead atoms. The van der Waals surface area contributed by atoms with Gasteiger partial charge in [-0.3, -0.25) is 0 Å². The molecule has 1 aliphatic rings. The molecule has 1 aromatic rings. The zero-order valence-electron chi connectivity index (χ0n) is 12.4. The first-order valence-electron chi connectivity index (χ1n) is 7.27. The van der Waals surface area contributed by atoms with Crippen LogP contribution < -0.4 is 5.32 Å². The summed E-state index contributed by atoms with van der Waals surface area (Å²) >= 11 is 0. The number of piperidine rings is 1. The minimum absolute atomic E-state index is 0.224. The smallest absolute Gasteiger partial charge is 0.0717 e. The minimum Gasteiger partial charge on any atom is -0.376 e. The van der Waals surface area contributed by atoms with E-state index < -0.39 is 0 Å². The second-order valence-electron chi connectivity index (χ2n) is 6.45. The zero-order valence-corrected chi connectivity index (χ0v) is 12.4. The second-order valence-corrected chi connectivity index (χ2v) is 6.45. The lowest BCUT2D eigenvalue weighted by Crippen LogP contribution is -2.32. The molecule has 105 valence electrons. The topological polar surface area (TPSA) is 21.3 Å². The summed E-state index contributed by atoms with van der Waals surface area (Å²) in [4.78, 5) is 0. The van der Waals surface area contributed by atoms with Crippen molar-refractivity contribution in [1.82, 2.24) is 5.32 Å². The first-order chi connectivity index (χ1) is 9.05. The molecule has 0 saturated carbocycles. The summed E-state index contributed by atoms with van der Waals surface area (Å²) in [6.45, 7) is 10.4. The van der Waals surface area contributed by atoms with E-state index in [0.717, 1.165) is 32.7 Å². The quantitative estimate of drug-likeness (QED) is 0.896. The fourth-order valence-corrected chi connectivity index (χ4v) is 2.35. The maximum absolute atomic E-state index is 5.81. The van der Waals surface area contributed by atoms with Gasteiger partial charge in [-0.2, -0.15) is 0 Å². The van der Waals surface area contributed by atoms with Gasteiger partial charge in [0.1, 0.15) is 0 Å². The highest BCUT2D eigenvalue weighted by Gasteiger charge is 2.14. The number of ether oxygens (including phenoxy) is 1. The van der Waals surface area contributed by atoms with Crippen LogP contribution in [0.4, 0.5) is 0 Å². The Morgan fingerprint density at radius 1 is 1.21 bits per heavy atom. The van der Waals surface area contributed by atoms with E-state index in [1.165, 1.54) is 11.1 Å². The molecule has 1 unspecified atom stereocenters. The third-order valence-corrected chi connectivity index (χ3v) is 3.65. The molecule has 2 rings (SSSR count). The van der Waals surface area contributed by atoms with E-state index >= 15 is 0 Å². The molecule has 2 heteroatoms. The Morgan fingerprint density at radius 3 is 2.53 bits per heavy atom. The van der Waals surface area contributed by atoms with Crippen molar-refractivity contribution < 1.29 is 4.74 Å². The fraction of sp³-hybridized carbons (Fsp3) is 0.588. The van der Waals surface area contributed by atoms with Gasteiger partial charge in [0.25, 0.3) is 0 Å². The van der Waals surface area contributed by atoms with Gasteiger partial charge in [-0.25, -0.2) is 0 Å². The summed E-state index contributed by atoms with van der Waals surface area (Å²) < 4.78 is 5.81. The van der Waals surface area contributed by atoms with Gasteiger partial charge < -0.3 is 10.1 Å². The normalized spacial score (nSPS) is 20.5. The summed E-state index contributed by atoms with van der Waals surface area (Å²) in [6.07, 6.45) is 3.54. The van der Waals surface area contributed by atoms with E-state index in [4.69, 9.17) is 4.74 Å². The molecule has 0 amide bonds. The zero-order chi connectivity index (χ0) is 13.7. The monoisotopic (exact) mass is 260 g/mol. The van der Waals surface area contributed by atoms with Crippen LogP contribution in [0.2, 0.25) is 0 Å². The molecule has 0 spiro atoms. The van der Waals surface area contributed by atoms with E-state index in [1.807, 2.05) is 0 Å². The van der Waals surface area contributed by atoms with Crippen molar-refractivity contribution in [3.8, 4) is 0 Å². The maximum Gasteiger partial charge on any atom is 0.0717 e. The first kappa shape index (κ1) is 14.5. The van der Waals surface area contributed by atoms with Gasteiger partial charge in [0.15, 0.2) is 0 Å². The summed E-state index contributed by atoms with van der Waals surface area (Å²) in [6, 6.07) is 8.80. The van der Waals surface area contributed by atoms with Crippen LogP contribution in [0.3, 0.4) is 0 Å². The average Bonchev–Trinajstić information content (AvgIpc) is 2.39. The Morgan fingerprint density at radius 2 is 1.95 bits per heavy atom. The summed E-state index contributed by atoms with van der Waals surface area (Å²) in [5.41, 5.74) is 2.86. The molecule has 19 heavy (non-hydrogen) atoms. The highest BCUT2D eigenvalue weighted by molar-refractivity contribution is 5.27. The van der Waals surface area contributed by atoms with Crippen LogP contribution in [0.5, 0.6) is 0 Å². The van der Waals surface area contributed by atoms with Crippen molar-refractivity contribution in [3.05, 3.63) is 41.8 Å². The molecule has 0 aliphatic carbocycles. The van der Waals surface area contributed by atoms with Gasteiger partial charge in [-0.15, -0.1) is 0 Å². The number of rotatable bonds is 4. The standard InChI is InChI=1S/C17H26NO/c1-17(2,3)16-8-6-14(7-9-16)12-19-13-15-5-4-10-18-11-15/h5-9,15,18H,4,10-13H2,1-3H3. The summed E-state index contributed by atoms with van der Waals surface area (Å²) in [5.74, 6) is 0.572.